The molecule has 0 spiro atoms. The lowest BCUT2D eigenvalue weighted by Crippen LogP contribution is -2.38. The molecule has 0 radical (unpaired) electrons. The Morgan fingerprint density at radius 2 is 2.17 bits per heavy atom. The van der Waals surface area contributed by atoms with Crippen LogP contribution >= 0.6 is 0 Å². The average molecular weight is 350 g/mol. The van der Waals surface area contributed by atoms with Crippen molar-refractivity contribution in [1.29, 1.82) is 0 Å². The van der Waals surface area contributed by atoms with Crippen LogP contribution in [0.1, 0.15) is 5.56 Å². The first kappa shape index (κ1) is 16.0. The van der Waals surface area contributed by atoms with Gasteiger partial charge in [0.2, 0.25) is 10.0 Å². The van der Waals surface area contributed by atoms with Crippen LogP contribution in [0.2, 0.25) is 0 Å². The largest absolute Gasteiger partial charge is 0.396 e. The fraction of sp³-hybridized carbons (Fsp3) is 0.562. The quantitative estimate of drug-likeness (QED) is 0.841. The summed E-state index contributed by atoms with van der Waals surface area (Å²) in [6.07, 6.45) is 4.98. The minimum Gasteiger partial charge on any atom is -0.396 e. The summed E-state index contributed by atoms with van der Waals surface area (Å²) in [5.74, 6) is 0.191. The first-order valence-corrected chi connectivity index (χ1v) is 9.95. The zero-order valence-corrected chi connectivity index (χ0v) is 14.5. The molecular formula is C16H22N4O3S. The van der Waals surface area contributed by atoms with Crippen LogP contribution < -0.4 is 0 Å². The molecule has 8 heteroatoms. The molecule has 2 fully saturated rings. The highest BCUT2D eigenvalue weighted by Gasteiger charge is 2.53. The summed E-state index contributed by atoms with van der Waals surface area (Å²) in [5.41, 5.74) is 1.94. The third-order valence-electron chi connectivity index (χ3n) is 5.45. The third kappa shape index (κ3) is 2.63. The van der Waals surface area contributed by atoms with Crippen molar-refractivity contribution in [3.05, 3.63) is 36.2 Å². The van der Waals surface area contributed by atoms with E-state index in [0.717, 1.165) is 25.2 Å². The van der Waals surface area contributed by atoms with Crippen molar-refractivity contribution in [3.8, 4) is 0 Å². The normalized spacial score (nSPS) is 28.7. The van der Waals surface area contributed by atoms with Gasteiger partial charge in [-0.05, 0) is 29.7 Å². The van der Waals surface area contributed by atoms with Crippen LogP contribution in [0.3, 0.4) is 0 Å². The van der Waals surface area contributed by atoms with E-state index >= 15 is 0 Å². The Morgan fingerprint density at radius 1 is 1.33 bits per heavy atom. The highest BCUT2D eigenvalue weighted by atomic mass is 32.2. The van der Waals surface area contributed by atoms with E-state index in [0.29, 0.717) is 13.1 Å². The maximum absolute atomic E-state index is 11.8. The molecule has 2 aromatic heterocycles. The predicted octanol–water partition coefficient (Wildman–Crippen LogP) is 0.0200. The second kappa shape index (κ2) is 5.52. The van der Waals surface area contributed by atoms with Gasteiger partial charge in [0.25, 0.3) is 0 Å². The molecule has 0 saturated carbocycles. The molecule has 2 aliphatic heterocycles. The number of aliphatic hydroxyl groups is 1. The molecule has 0 aliphatic carbocycles. The fourth-order valence-corrected chi connectivity index (χ4v) is 5.11. The van der Waals surface area contributed by atoms with Crippen molar-refractivity contribution >= 4 is 15.5 Å². The number of nitrogens with zero attached hydrogens (tertiary/aromatic N) is 4. The lowest BCUT2D eigenvalue weighted by Gasteiger charge is -2.26. The van der Waals surface area contributed by atoms with Crippen molar-refractivity contribution in [2.24, 2.45) is 11.3 Å². The van der Waals surface area contributed by atoms with Gasteiger partial charge < -0.3 is 5.11 Å². The Hall–Kier alpha value is -1.48. The summed E-state index contributed by atoms with van der Waals surface area (Å²) >= 11 is 0. The van der Waals surface area contributed by atoms with E-state index in [9.17, 15) is 13.5 Å². The SMILES string of the molecule is CS(=O)(=O)N1CC2CN(Cc3ccn4nccc4c3)CC2(CO)C1. The molecule has 4 heterocycles. The Bertz CT molecular complexity index is 865. The second-order valence-electron chi connectivity index (χ2n) is 7.18. The summed E-state index contributed by atoms with van der Waals surface area (Å²) in [5, 5.41) is 14.1. The maximum atomic E-state index is 11.8. The molecule has 2 aromatic rings. The van der Waals surface area contributed by atoms with Gasteiger partial charge in [-0.3, -0.25) is 4.90 Å². The van der Waals surface area contributed by atoms with Crippen LogP contribution in [-0.4, -0.2) is 71.4 Å². The van der Waals surface area contributed by atoms with Crippen LogP contribution in [-0.2, 0) is 16.6 Å². The number of hydrogen-bond acceptors (Lipinski definition) is 5. The summed E-state index contributed by atoms with van der Waals surface area (Å²) in [7, 11) is -3.19. The Balaban J connectivity index is 1.50. The van der Waals surface area contributed by atoms with Crippen LogP contribution in [0.15, 0.2) is 30.6 Å². The lowest BCUT2D eigenvalue weighted by molar-refractivity contribution is 0.119. The first-order chi connectivity index (χ1) is 11.4. The van der Waals surface area contributed by atoms with E-state index in [4.69, 9.17) is 0 Å². The molecule has 4 rings (SSSR count). The summed E-state index contributed by atoms with van der Waals surface area (Å²) < 4.78 is 27.0. The third-order valence-corrected chi connectivity index (χ3v) is 6.67. The van der Waals surface area contributed by atoms with Gasteiger partial charge in [-0.2, -0.15) is 5.10 Å². The summed E-state index contributed by atoms with van der Waals surface area (Å²) in [6.45, 7) is 3.31. The smallest absolute Gasteiger partial charge is 0.211 e. The highest BCUT2D eigenvalue weighted by Crippen LogP contribution is 2.43. The van der Waals surface area contributed by atoms with Crippen molar-refractivity contribution in [2.75, 3.05) is 39.0 Å². The topological polar surface area (TPSA) is 78.2 Å². The van der Waals surface area contributed by atoms with E-state index in [1.54, 1.807) is 6.20 Å². The minimum absolute atomic E-state index is 0.0296. The zero-order chi connectivity index (χ0) is 16.9. The Morgan fingerprint density at radius 3 is 2.88 bits per heavy atom. The van der Waals surface area contributed by atoms with Gasteiger partial charge >= 0.3 is 0 Å². The van der Waals surface area contributed by atoms with Crippen molar-refractivity contribution in [1.82, 2.24) is 18.8 Å². The molecule has 2 saturated heterocycles. The van der Waals surface area contributed by atoms with Gasteiger partial charge in [0.1, 0.15) is 0 Å². The Kier molecular flexibility index (Phi) is 3.68. The molecule has 0 bridgehead atoms. The van der Waals surface area contributed by atoms with E-state index in [1.807, 2.05) is 16.8 Å². The summed E-state index contributed by atoms with van der Waals surface area (Å²) in [6, 6.07) is 6.15. The second-order valence-corrected chi connectivity index (χ2v) is 9.16. The van der Waals surface area contributed by atoms with Gasteiger partial charge in [0, 0.05) is 50.5 Å². The van der Waals surface area contributed by atoms with Crippen LogP contribution in [0.25, 0.3) is 5.52 Å². The van der Waals surface area contributed by atoms with Crippen molar-refractivity contribution in [2.45, 2.75) is 6.54 Å². The number of hydrogen-bond donors (Lipinski definition) is 1. The van der Waals surface area contributed by atoms with Gasteiger partial charge in [-0.25, -0.2) is 17.2 Å². The number of sulfonamides is 1. The zero-order valence-electron chi connectivity index (χ0n) is 13.7. The molecule has 24 heavy (non-hydrogen) atoms. The number of aliphatic hydroxyl groups excluding tert-OH is 1. The van der Waals surface area contributed by atoms with Crippen molar-refractivity contribution < 1.29 is 13.5 Å². The molecule has 2 atom stereocenters. The molecule has 1 N–H and O–H groups in total. The Labute approximate surface area is 141 Å². The number of rotatable bonds is 4. The number of aromatic nitrogens is 2. The number of likely N-dealkylation sites (tertiary alicyclic amines) is 1. The van der Waals surface area contributed by atoms with Crippen LogP contribution in [0, 0.1) is 11.3 Å². The van der Waals surface area contributed by atoms with Crippen molar-refractivity contribution in [3.63, 3.8) is 0 Å². The van der Waals surface area contributed by atoms with Gasteiger partial charge in [-0.15, -0.1) is 0 Å². The first-order valence-electron chi connectivity index (χ1n) is 8.10. The molecular weight excluding hydrogens is 328 g/mol. The average Bonchev–Trinajstić information content (AvgIpc) is 3.17. The standard InChI is InChI=1S/C16H22N4O3S/c1-24(22,23)19-9-14-8-18(10-16(14,11-19)12-21)7-13-3-5-20-15(6-13)2-4-17-20/h2-6,14,21H,7-12H2,1H3. The number of pyridine rings is 1. The van der Waals surface area contributed by atoms with E-state index in [2.05, 4.69) is 22.1 Å². The van der Waals surface area contributed by atoms with Gasteiger partial charge in [0.05, 0.1) is 18.4 Å². The highest BCUT2D eigenvalue weighted by molar-refractivity contribution is 7.88. The minimum atomic E-state index is -3.19. The maximum Gasteiger partial charge on any atom is 0.211 e. The van der Waals surface area contributed by atoms with Crippen LogP contribution in [0.5, 0.6) is 0 Å². The molecule has 2 unspecified atom stereocenters. The lowest BCUT2D eigenvalue weighted by atomic mass is 9.82. The molecule has 0 amide bonds. The van der Waals surface area contributed by atoms with Gasteiger partial charge in [-0.1, -0.05) is 0 Å². The number of fused-ring (bicyclic) bond motifs is 2. The molecule has 2 aliphatic rings. The fourth-order valence-electron chi connectivity index (χ4n) is 4.16. The van der Waals surface area contributed by atoms with E-state index in [-0.39, 0.29) is 17.9 Å². The molecule has 7 nitrogen and oxygen atoms in total. The van der Waals surface area contributed by atoms with E-state index < -0.39 is 10.0 Å². The monoisotopic (exact) mass is 350 g/mol. The summed E-state index contributed by atoms with van der Waals surface area (Å²) in [4.78, 5) is 2.32. The van der Waals surface area contributed by atoms with Gasteiger partial charge in [0.15, 0.2) is 0 Å². The predicted molar refractivity (Wildman–Crippen MR) is 89.9 cm³/mol. The van der Waals surface area contributed by atoms with Crippen LogP contribution in [0.4, 0.5) is 0 Å². The molecule has 130 valence electrons. The van der Waals surface area contributed by atoms with E-state index in [1.165, 1.54) is 16.1 Å². The molecule has 0 aromatic carbocycles.